The molecular weight excluding hydrogens is 350 g/mol. The predicted molar refractivity (Wildman–Crippen MR) is 107 cm³/mol. The first-order chi connectivity index (χ1) is 12.5. The van der Waals surface area contributed by atoms with Crippen LogP contribution in [0.15, 0.2) is 42.5 Å². The van der Waals surface area contributed by atoms with Gasteiger partial charge in [-0.3, -0.25) is 9.59 Å². The average molecular weight is 374 g/mol. The lowest BCUT2D eigenvalue weighted by atomic mass is 10.2. The molecule has 0 bridgehead atoms. The molecule has 5 nitrogen and oxygen atoms in total. The molecule has 2 aromatic carbocycles. The van der Waals surface area contributed by atoms with Gasteiger partial charge in [-0.1, -0.05) is 31.0 Å². The number of anilines is 2. The maximum Gasteiger partial charge on any atom is 0.251 e. The Bertz CT molecular complexity index is 760. The molecule has 0 atom stereocenters. The Morgan fingerprint density at radius 3 is 2.50 bits per heavy atom. The van der Waals surface area contributed by atoms with Crippen LogP contribution in [0, 0.1) is 6.92 Å². The minimum Gasteiger partial charge on any atom is -0.376 e. The number of aryl methyl sites for hydroxylation is 1. The van der Waals surface area contributed by atoms with E-state index in [1.54, 1.807) is 30.3 Å². The van der Waals surface area contributed by atoms with Crippen molar-refractivity contribution in [1.29, 1.82) is 0 Å². The van der Waals surface area contributed by atoms with E-state index in [-0.39, 0.29) is 18.4 Å². The van der Waals surface area contributed by atoms with Crippen LogP contribution < -0.4 is 16.0 Å². The number of unbranched alkanes of at least 4 members (excludes halogenated alkanes) is 1. The molecule has 26 heavy (non-hydrogen) atoms. The molecule has 0 fully saturated rings. The Morgan fingerprint density at radius 1 is 1.08 bits per heavy atom. The summed E-state index contributed by atoms with van der Waals surface area (Å²) in [6.07, 6.45) is 1.99. The van der Waals surface area contributed by atoms with Crippen LogP contribution in [0.25, 0.3) is 0 Å². The zero-order chi connectivity index (χ0) is 18.9. The van der Waals surface area contributed by atoms with Gasteiger partial charge < -0.3 is 16.0 Å². The predicted octanol–water partition coefficient (Wildman–Crippen LogP) is 4.23. The molecule has 0 radical (unpaired) electrons. The van der Waals surface area contributed by atoms with Crippen molar-refractivity contribution < 1.29 is 9.59 Å². The molecule has 0 saturated carbocycles. The van der Waals surface area contributed by atoms with Crippen LogP contribution in [0.5, 0.6) is 0 Å². The summed E-state index contributed by atoms with van der Waals surface area (Å²) < 4.78 is 0. The minimum absolute atomic E-state index is 0.102. The Labute approximate surface area is 159 Å². The number of halogens is 1. The van der Waals surface area contributed by atoms with E-state index in [1.807, 2.05) is 19.1 Å². The zero-order valence-corrected chi connectivity index (χ0v) is 15.8. The van der Waals surface area contributed by atoms with Crippen molar-refractivity contribution in [2.24, 2.45) is 0 Å². The van der Waals surface area contributed by atoms with Crippen molar-refractivity contribution >= 4 is 34.8 Å². The third kappa shape index (κ3) is 6.08. The lowest BCUT2D eigenvalue weighted by molar-refractivity contribution is -0.114. The molecule has 0 unspecified atom stereocenters. The third-order valence-electron chi connectivity index (χ3n) is 3.89. The summed E-state index contributed by atoms with van der Waals surface area (Å²) in [6, 6.07) is 12.3. The number of carbonyl (C=O) groups excluding carboxylic acids is 2. The summed E-state index contributed by atoms with van der Waals surface area (Å²) in [6.45, 7) is 4.82. The fraction of sp³-hybridized carbons (Fsp3) is 0.300. The summed E-state index contributed by atoms with van der Waals surface area (Å²) in [4.78, 5) is 24.0. The summed E-state index contributed by atoms with van der Waals surface area (Å²) in [5.41, 5.74) is 3.06. The van der Waals surface area contributed by atoms with E-state index in [1.165, 1.54) is 0 Å². The molecule has 2 amide bonds. The number of hydrogen-bond acceptors (Lipinski definition) is 3. The third-order valence-corrected chi connectivity index (χ3v) is 4.12. The van der Waals surface area contributed by atoms with E-state index < -0.39 is 0 Å². The van der Waals surface area contributed by atoms with E-state index in [9.17, 15) is 9.59 Å². The zero-order valence-electron chi connectivity index (χ0n) is 15.1. The molecule has 0 heterocycles. The molecule has 0 aliphatic heterocycles. The Morgan fingerprint density at radius 2 is 1.81 bits per heavy atom. The second-order valence-corrected chi connectivity index (χ2v) is 6.48. The number of amides is 2. The molecule has 0 aromatic heterocycles. The fourth-order valence-corrected chi connectivity index (χ4v) is 2.52. The lowest BCUT2D eigenvalue weighted by Crippen LogP contribution is -2.24. The second kappa shape index (κ2) is 9.82. The van der Waals surface area contributed by atoms with Gasteiger partial charge in [0.15, 0.2) is 0 Å². The Hall–Kier alpha value is -2.53. The van der Waals surface area contributed by atoms with Crippen LogP contribution in [0.1, 0.15) is 35.7 Å². The SMILES string of the molecule is CCCCNC(=O)c1ccc(NC(=O)CNc2cc(Cl)ccc2C)cc1. The Balaban J connectivity index is 1.85. The average Bonchev–Trinajstić information content (AvgIpc) is 2.63. The van der Waals surface area contributed by atoms with Crippen LogP contribution in [-0.2, 0) is 4.79 Å². The maximum atomic E-state index is 12.1. The highest BCUT2D eigenvalue weighted by atomic mass is 35.5. The highest BCUT2D eigenvalue weighted by Gasteiger charge is 2.07. The van der Waals surface area contributed by atoms with E-state index in [0.29, 0.717) is 22.8 Å². The molecule has 3 N–H and O–H groups in total. The molecule has 6 heteroatoms. The number of rotatable bonds is 8. The van der Waals surface area contributed by atoms with Crippen LogP contribution in [0.2, 0.25) is 5.02 Å². The number of carbonyl (C=O) groups is 2. The first kappa shape index (κ1) is 19.8. The van der Waals surface area contributed by atoms with Gasteiger partial charge in [-0.15, -0.1) is 0 Å². The van der Waals surface area contributed by atoms with Crippen LogP contribution >= 0.6 is 11.6 Å². The van der Waals surface area contributed by atoms with Gasteiger partial charge in [0.1, 0.15) is 0 Å². The van der Waals surface area contributed by atoms with Crippen molar-refractivity contribution in [2.45, 2.75) is 26.7 Å². The van der Waals surface area contributed by atoms with Crippen molar-refractivity contribution in [2.75, 3.05) is 23.7 Å². The largest absolute Gasteiger partial charge is 0.376 e. The molecule has 0 aliphatic rings. The molecule has 0 saturated heterocycles. The summed E-state index contributed by atoms with van der Waals surface area (Å²) >= 11 is 5.97. The van der Waals surface area contributed by atoms with E-state index >= 15 is 0 Å². The first-order valence-electron chi connectivity index (χ1n) is 8.67. The van der Waals surface area contributed by atoms with Gasteiger partial charge in [0.05, 0.1) is 6.54 Å². The smallest absolute Gasteiger partial charge is 0.251 e. The molecule has 0 spiro atoms. The normalized spacial score (nSPS) is 10.3. The fourth-order valence-electron chi connectivity index (χ4n) is 2.35. The highest BCUT2D eigenvalue weighted by Crippen LogP contribution is 2.20. The van der Waals surface area contributed by atoms with Gasteiger partial charge in [0.2, 0.25) is 5.91 Å². The molecule has 0 aliphatic carbocycles. The van der Waals surface area contributed by atoms with Crippen molar-refractivity contribution in [3.63, 3.8) is 0 Å². The van der Waals surface area contributed by atoms with Crippen molar-refractivity contribution in [3.8, 4) is 0 Å². The van der Waals surface area contributed by atoms with E-state index in [4.69, 9.17) is 11.6 Å². The summed E-state index contributed by atoms with van der Waals surface area (Å²) in [5, 5.41) is 9.35. The lowest BCUT2D eigenvalue weighted by Gasteiger charge is -2.11. The van der Waals surface area contributed by atoms with Gasteiger partial charge in [-0.05, 0) is 55.3 Å². The van der Waals surface area contributed by atoms with Gasteiger partial charge in [-0.2, -0.15) is 0 Å². The van der Waals surface area contributed by atoms with Gasteiger partial charge in [0.25, 0.3) is 5.91 Å². The van der Waals surface area contributed by atoms with Crippen LogP contribution in [-0.4, -0.2) is 24.9 Å². The topological polar surface area (TPSA) is 70.2 Å². The maximum absolute atomic E-state index is 12.1. The number of hydrogen-bond donors (Lipinski definition) is 3. The summed E-state index contributed by atoms with van der Waals surface area (Å²) in [5.74, 6) is -0.279. The molecule has 2 rings (SSSR count). The molecular formula is C20H24ClN3O2. The summed E-state index contributed by atoms with van der Waals surface area (Å²) in [7, 11) is 0. The van der Waals surface area contributed by atoms with Gasteiger partial charge in [0, 0.05) is 28.5 Å². The van der Waals surface area contributed by atoms with Gasteiger partial charge >= 0.3 is 0 Å². The minimum atomic E-state index is -0.176. The van der Waals surface area contributed by atoms with E-state index in [2.05, 4.69) is 22.9 Å². The second-order valence-electron chi connectivity index (χ2n) is 6.05. The van der Waals surface area contributed by atoms with E-state index in [0.717, 1.165) is 24.1 Å². The quantitative estimate of drug-likeness (QED) is 0.606. The van der Waals surface area contributed by atoms with Crippen LogP contribution in [0.3, 0.4) is 0 Å². The van der Waals surface area contributed by atoms with Crippen LogP contribution in [0.4, 0.5) is 11.4 Å². The standard InChI is InChI=1S/C20H24ClN3O2/c1-3-4-11-22-20(26)15-6-9-17(10-7-15)24-19(25)13-23-18-12-16(21)8-5-14(18)2/h5-10,12,23H,3-4,11,13H2,1-2H3,(H,22,26)(H,24,25). The monoisotopic (exact) mass is 373 g/mol. The molecule has 138 valence electrons. The van der Waals surface area contributed by atoms with Crippen molar-refractivity contribution in [1.82, 2.24) is 5.32 Å². The Kier molecular flexibility index (Phi) is 7.48. The first-order valence-corrected chi connectivity index (χ1v) is 9.05. The number of nitrogens with one attached hydrogen (secondary N) is 3. The highest BCUT2D eigenvalue weighted by molar-refractivity contribution is 6.30. The van der Waals surface area contributed by atoms with Crippen molar-refractivity contribution in [3.05, 3.63) is 58.6 Å². The molecule has 2 aromatic rings. The number of benzene rings is 2. The van der Waals surface area contributed by atoms with Gasteiger partial charge in [-0.25, -0.2) is 0 Å².